The summed E-state index contributed by atoms with van der Waals surface area (Å²) in [5.41, 5.74) is 0. The summed E-state index contributed by atoms with van der Waals surface area (Å²) in [6.07, 6.45) is 54.4. The molecule has 1 atom stereocenters. The molecule has 0 aliphatic carbocycles. The standard InChI is InChI=1S/C43H66O5/c1-3-5-7-9-11-13-15-17-19-20-21-22-24-25-27-29-31-33-35-37-42(45)47-40-41(39-44)48-43(46)38-36-34-32-30-28-26-23-18-16-14-12-10-8-6-4-2/h5-8,11-14,17-19,21-23,25,27,31,33,41,44H,3-4,9-10,15-16,20,24,26,28-30,32,34-40H2,1-2H3/t41-/m0/s1. The summed E-state index contributed by atoms with van der Waals surface area (Å²) in [5.74, 6) is -0.723. The minimum Gasteiger partial charge on any atom is -0.462 e. The van der Waals surface area contributed by atoms with Gasteiger partial charge < -0.3 is 14.6 Å². The summed E-state index contributed by atoms with van der Waals surface area (Å²) >= 11 is 0. The van der Waals surface area contributed by atoms with Crippen LogP contribution in [-0.4, -0.2) is 36.4 Å². The second kappa shape index (κ2) is 38.0. The van der Waals surface area contributed by atoms with Gasteiger partial charge in [0, 0.05) is 12.8 Å². The largest absolute Gasteiger partial charge is 0.462 e. The van der Waals surface area contributed by atoms with Crippen LogP contribution < -0.4 is 0 Å². The van der Waals surface area contributed by atoms with Gasteiger partial charge in [-0.15, -0.1) is 0 Å². The molecule has 0 aliphatic rings. The minimum atomic E-state index is -0.818. The number of hydrogen-bond acceptors (Lipinski definition) is 5. The SMILES string of the molecule is CCC=CCC=CCC=CCC=CCC=CCC=CCCC(=O)OC[C@H](CO)OC(=O)CCCCCCCC=CCC=CCC=CCC. The molecule has 0 aromatic rings. The zero-order chi connectivity index (χ0) is 35.0. The summed E-state index contributed by atoms with van der Waals surface area (Å²) in [5, 5.41) is 9.53. The summed E-state index contributed by atoms with van der Waals surface area (Å²) in [4.78, 5) is 24.2. The predicted octanol–water partition coefficient (Wildman–Crippen LogP) is 11.5. The van der Waals surface area contributed by atoms with E-state index in [9.17, 15) is 14.7 Å². The molecule has 0 radical (unpaired) electrons. The maximum atomic E-state index is 12.1. The smallest absolute Gasteiger partial charge is 0.306 e. The molecule has 48 heavy (non-hydrogen) atoms. The highest BCUT2D eigenvalue weighted by Crippen LogP contribution is 2.10. The predicted molar refractivity (Wildman–Crippen MR) is 205 cm³/mol. The Bertz CT molecular complexity index is 1020. The van der Waals surface area contributed by atoms with Crippen molar-refractivity contribution in [2.45, 2.75) is 136 Å². The van der Waals surface area contributed by atoms with E-state index in [1.807, 2.05) is 12.2 Å². The highest BCUT2D eigenvalue weighted by Gasteiger charge is 2.15. The summed E-state index contributed by atoms with van der Waals surface area (Å²) in [7, 11) is 0. The number of carbonyl (C=O) groups excluding carboxylic acids is 2. The highest BCUT2D eigenvalue weighted by molar-refractivity contribution is 5.70. The number of esters is 2. The van der Waals surface area contributed by atoms with E-state index >= 15 is 0 Å². The molecule has 0 heterocycles. The lowest BCUT2D eigenvalue weighted by atomic mass is 10.1. The Hall–Kier alpha value is -3.44. The van der Waals surface area contributed by atoms with Crippen LogP contribution in [0.25, 0.3) is 0 Å². The molecular formula is C43H66O5. The van der Waals surface area contributed by atoms with Gasteiger partial charge in [0.15, 0.2) is 6.10 Å². The lowest BCUT2D eigenvalue weighted by molar-refractivity contribution is -0.161. The van der Waals surface area contributed by atoms with Crippen molar-refractivity contribution < 1.29 is 24.2 Å². The Morgan fingerprint density at radius 2 is 0.875 bits per heavy atom. The van der Waals surface area contributed by atoms with E-state index in [4.69, 9.17) is 9.47 Å². The van der Waals surface area contributed by atoms with Gasteiger partial charge in [0.1, 0.15) is 6.61 Å². The average molecular weight is 663 g/mol. The first-order chi connectivity index (χ1) is 23.6. The number of rotatable bonds is 31. The van der Waals surface area contributed by atoms with Crippen molar-refractivity contribution in [2.24, 2.45) is 0 Å². The fourth-order valence-corrected chi connectivity index (χ4v) is 4.36. The van der Waals surface area contributed by atoms with Gasteiger partial charge >= 0.3 is 11.9 Å². The molecule has 0 spiro atoms. The second-order valence-corrected chi connectivity index (χ2v) is 11.5. The zero-order valence-electron chi connectivity index (χ0n) is 30.2. The number of aliphatic hydroxyl groups is 1. The normalized spacial score (nSPS) is 13.5. The van der Waals surface area contributed by atoms with E-state index in [1.165, 1.54) is 0 Å². The topological polar surface area (TPSA) is 72.8 Å². The highest BCUT2D eigenvalue weighted by atomic mass is 16.6. The van der Waals surface area contributed by atoms with E-state index in [0.29, 0.717) is 12.8 Å². The van der Waals surface area contributed by atoms with Gasteiger partial charge in [-0.2, -0.15) is 0 Å². The van der Waals surface area contributed by atoms with Crippen LogP contribution in [-0.2, 0) is 19.1 Å². The monoisotopic (exact) mass is 662 g/mol. The number of carbonyl (C=O) groups is 2. The molecule has 0 bridgehead atoms. The molecule has 0 aliphatic heterocycles. The van der Waals surface area contributed by atoms with Crippen molar-refractivity contribution in [1.82, 2.24) is 0 Å². The van der Waals surface area contributed by atoms with Crippen LogP contribution in [0.3, 0.4) is 0 Å². The fourth-order valence-electron chi connectivity index (χ4n) is 4.36. The van der Waals surface area contributed by atoms with Crippen molar-refractivity contribution in [2.75, 3.05) is 13.2 Å². The Balaban J connectivity index is 3.78. The van der Waals surface area contributed by atoms with Gasteiger partial charge in [-0.3, -0.25) is 9.59 Å². The van der Waals surface area contributed by atoms with Crippen LogP contribution in [0.5, 0.6) is 0 Å². The number of aliphatic hydroxyl groups excluding tert-OH is 1. The van der Waals surface area contributed by atoms with Crippen LogP contribution in [0.4, 0.5) is 0 Å². The van der Waals surface area contributed by atoms with Crippen LogP contribution in [0, 0.1) is 0 Å². The Labute approximate surface area is 293 Å². The van der Waals surface area contributed by atoms with Crippen molar-refractivity contribution in [1.29, 1.82) is 0 Å². The lowest BCUT2D eigenvalue weighted by Gasteiger charge is -2.15. The molecule has 0 saturated heterocycles. The fraction of sp³-hybridized carbons (Fsp3) is 0.535. The zero-order valence-corrected chi connectivity index (χ0v) is 30.2. The first kappa shape index (κ1) is 44.6. The molecular weight excluding hydrogens is 596 g/mol. The van der Waals surface area contributed by atoms with Gasteiger partial charge in [0.05, 0.1) is 6.61 Å². The first-order valence-corrected chi connectivity index (χ1v) is 18.4. The average Bonchev–Trinajstić information content (AvgIpc) is 3.09. The number of unbranched alkanes of at least 4 members (excludes halogenated alkanes) is 5. The van der Waals surface area contributed by atoms with Gasteiger partial charge in [0.2, 0.25) is 0 Å². The maximum absolute atomic E-state index is 12.1. The molecule has 0 aromatic carbocycles. The number of ether oxygens (including phenoxy) is 2. The van der Waals surface area contributed by atoms with E-state index in [0.717, 1.165) is 96.3 Å². The molecule has 0 rings (SSSR count). The molecule has 5 heteroatoms. The molecule has 0 amide bonds. The second-order valence-electron chi connectivity index (χ2n) is 11.5. The summed E-state index contributed by atoms with van der Waals surface area (Å²) in [6, 6.07) is 0. The van der Waals surface area contributed by atoms with E-state index in [-0.39, 0.29) is 31.6 Å². The number of allylic oxidation sites excluding steroid dienone is 18. The van der Waals surface area contributed by atoms with Gasteiger partial charge in [-0.1, -0.05) is 142 Å². The van der Waals surface area contributed by atoms with Crippen LogP contribution >= 0.6 is 0 Å². The minimum absolute atomic E-state index is 0.121. The third kappa shape index (κ3) is 35.4. The molecule has 0 unspecified atom stereocenters. The van der Waals surface area contributed by atoms with Crippen molar-refractivity contribution >= 4 is 11.9 Å². The van der Waals surface area contributed by atoms with E-state index in [1.54, 1.807) is 0 Å². The Morgan fingerprint density at radius 3 is 1.33 bits per heavy atom. The molecule has 0 saturated carbocycles. The van der Waals surface area contributed by atoms with Gasteiger partial charge in [-0.05, 0) is 83.5 Å². The molecule has 5 nitrogen and oxygen atoms in total. The quantitative estimate of drug-likeness (QED) is 0.0454. The van der Waals surface area contributed by atoms with Gasteiger partial charge in [0.25, 0.3) is 0 Å². The van der Waals surface area contributed by atoms with Crippen LogP contribution in [0.1, 0.15) is 129 Å². The summed E-state index contributed by atoms with van der Waals surface area (Å²) < 4.78 is 10.5. The van der Waals surface area contributed by atoms with Crippen molar-refractivity contribution in [3.8, 4) is 0 Å². The van der Waals surface area contributed by atoms with E-state index in [2.05, 4.69) is 111 Å². The number of hydrogen-bond donors (Lipinski definition) is 1. The van der Waals surface area contributed by atoms with E-state index < -0.39 is 6.10 Å². The third-order valence-corrected chi connectivity index (χ3v) is 7.08. The van der Waals surface area contributed by atoms with Crippen molar-refractivity contribution in [3.05, 3.63) is 109 Å². The Kier molecular flexibility index (Phi) is 35.3. The molecule has 0 fully saturated rings. The lowest BCUT2D eigenvalue weighted by Crippen LogP contribution is -2.28. The Morgan fingerprint density at radius 1 is 0.479 bits per heavy atom. The van der Waals surface area contributed by atoms with Crippen LogP contribution in [0.15, 0.2) is 109 Å². The molecule has 268 valence electrons. The maximum Gasteiger partial charge on any atom is 0.306 e. The first-order valence-electron chi connectivity index (χ1n) is 18.4. The van der Waals surface area contributed by atoms with Gasteiger partial charge in [-0.25, -0.2) is 0 Å². The van der Waals surface area contributed by atoms with Crippen LogP contribution in [0.2, 0.25) is 0 Å². The third-order valence-electron chi connectivity index (χ3n) is 7.08. The molecule has 1 N–H and O–H groups in total. The van der Waals surface area contributed by atoms with Crippen molar-refractivity contribution in [3.63, 3.8) is 0 Å². The molecule has 0 aromatic heterocycles. The summed E-state index contributed by atoms with van der Waals surface area (Å²) in [6.45, 7) is 3.80.